The van der Waals surface area contributed by atoms with Gasteiger partial charge in [-0.15, -0.1) is 0 Å². The van der Waals surface area contributed by atoms with Crippen LogP contribution in [0.25, 0.3) is 0 Å². The van der Waals surface area contributed by atoms with Gasteiger partial charge in [0.15, 0.2) is 0 Å². The molecule has 0 rings (SSSR count). The van der Waals surface area contributed by atoms with Crippen LogP contribution in [-0.2, 0) is 398 Å². The maximum absolute atomic E-state index is 0. The van der Waals surface area contributed by atoms with E-state index in [-0.39, 0.29) is 500 Å². The summed E-state index contributed by atoms with van der Waals surface area (Å²) in [5.41, 5.74) is 0. The van der Waals surface area contributed by atoms with Gasteiger partial charge in [0.2, 0.25) is 0 Å². The Balaban J connectivity index is 0. The fraction of sp³-hybridized carbons (Fsp3) is 0. The van der Waals surface area contributed by atoms with E-state index in [1.807, 2.05) is 0 Å². The largest absolute Gasteiger partial charge is 4.00 e. The molecule has 39 heteroatoms. The van der Waals surface area contributed by atoms with Crippen molar-refractivity contribution in [2.45, 2.75) is 0 Å². The normalized spacial score (nSPS) is 0. The minimum absolute atomic E-state index is 0. The van der Waals surface area contributed by atoms with Gasteiger partial charge in [0.1, 0.15) is 0 Å². The van der Waals surface area contributed by atoms with Crippen LogP contribution in [0.2, 0.25) is 0 Å². The molecular formula is K2O25Ti12. The first kappa shape index (κ1) is 1010. The van der Waals surface area contributed by atoms with E-state index in [1.54, 1.807) is 0 Å². The van der Waals surface area contributed by atoms with Crippen LogP contribution in [0.15, 0.2) is 0 Å². The van der Waals surface area contributed by atoms with Crippen LogP contribution in [-0.4, -0.2) is 0 Å². The Hall–Kier alpha value is 10.8. The summed E-state index contributed by atoms with van der Waals surface area (Å²) in [5.74, 6) is 0. The molecule has 0 aromatic rings. The summed E-state index contributed by atoms with van der Waals surface area (Å²) in [6.07, 6.45) is 0. The van der Waals surface area contributed by atoms with E-state index in [0.29, 0.717) is 0 Å². The van der Waals surface area contributed by atoms with E-state index in [0.717, 1.165) is 0 Å². The second-order valence-corrected chi connectivity index (χ2v) is 0. The number of hydrogen-bond donors (Lipinski definition) is 0. The molecule has 0 unspecified atom stereocenters. The molecule has 0 heterocycles. The average Bonchev–Trinajstić information content (AvgIpc) is 0. The zero-order valence-electron chi connectivity index (χ0n) is 18.2. The van der Waals surface area contributed by atoms with Gasteiger partial charge in [0, 0.05) is 0 Å². The first-order valence-corrected chi connectivity index (χ1v) is 0. The van der Waals surface area contributed by atoms with Crippen molar-refractivity contribution in [1.82, 2.24) is 0 Å². The molecule has 0 aromatic carbocycles. The van der Waals surface area contributed by atoms with Gasteiger partial charge in [-0.05, 0) is 0 Å². The van der Waals surface area contributed by atoms with E-state index in [2.05, 4.69) is 0 Å². The molecule has 39 heavy (non-hydrogen) atoms. The molecule has 0 atom stereocenters. The Kier molecular flexibility index (Phi) is 24700. The summed E-state index contributed by atoms with van der Waals surface area (Å²) in [5, 5.41) is 0. The van der Waals surface area contributed by atoms with Gasteiger partial charge < -0.3 is 137 Å². The van der Waals surface area contributed by atoms with E-state index >= 15 is 0 Å². The Morgan fingerprint density at radius 1 is 0.0769 bits per heavy atom. The first-order chi connectivity index (χ1) is 0. The molecule has 0 radical (unpaired) electrons. The Morgan fingerprint density at radius 3 is 0.0769 bits per heavy atom. The summed E-state index contributed by atoms with van der Waals surface area (Å²) in [4.78, 5) is 0. The fourth-order valence-corrected chi connectivity index (χ4v) is 0. The van der Waals surface area contributed by atoms with Crippen LogP contribution in [0, 0.1) is 0 Å². The van der Waals surface area contributed by atoms with Crippen molar-refractivity contribution in [3.05, 3.63) is 0 Å². The number of hydrogen-bond acceptors (Lipinski definition) is 0. The molecule has 0 spiro atoms. The summed E-state index contributed by atoms with van der Waals surface area (Å²) >= 11 is 0. The summed E-state index contributed by atoms with van der Waals surface area (Å²) in [7, 11) is 0. The van der Waals surface area contributed by atoms with Crippen LogP contribution in [0.5, 0.6) is 0 Å². The molecule has 0 N–H and O–H groups in total. The van der Waals surface area contributed by atoms with Crippen LogP contribution in [0.3, 0.4) is 0 Å². The molecule has 0 amide bonds. The van der Waals surface area contributed by atoms with E-state index in [9.17, 15) is 0 Å². The Morgan fingerprint density at radius 2 is 0.0769 bits per heavy atom. The summed E-state index contributed by atoms with van der Waals surface area (Å²) in [6, 6.07) is 0. The van der Waals surface area contributed by atoms with Crippen LogP contribution in [0.1, 0.15) is 0 Å². The SMILES string of the molecule is [K+].[K+].[O-2].[O-2].[O-2].[O-2].[O-2].[O-2].[O-2].[O-2].[O-2].[O-2].[O-2].[O-2].[O-2].[O-2].[O-2].[O-2].[O-2].[O-2].[O-2].[O-2].[O-2].[O-2].[O-2].[O-2].[O-2].[Ti+4].[Ti+4].[Ti+4].[Ti+4].[Ti+4].[Ti+4].[Ti+4].[Ti+4].[Ti+4].[Ti+4].[Ti+4].[Ti+4]. The van der Waals surface area contributed by atoms with E-state index in [1.165, 1.54) is 0 Å². The molecular weight excluding hydrogens is 1050 g/mol. The quantitative estimate of drug-likeness (QED) is 0.204. The van der Waals surface area contributed by atoms with Crippen molar-refractivity contribution >= 4 is 0 Å². The zero-order valence-corrected chi connectivity index (χ0v) is 43.2. The molecule has 0 aliphatic carbocycles. The first-order valence-electron chi connectivity index (χ1n) is 0. The monoisotopic (exact) mass is 1050 g/mol. The van der Waals surface area contributed by atoms with Crippen LogP contribution in [0.4, 0.5) is 0 Å². The summed E-state index contributed by atoms with van der Waals surface area (Å²) < 4.78 is 0. The van der Waals surface area contributed by atoms with Crippen LogP contribution >= 0.6 is 0 Å². The molecule has 0 aromatic heterocycles. The standard InChI is InChI=1S/2K.25O.12Ti/q2*+1;25*-2;12*+4. The molecule has 0 saturated carbocycles. The predicted octanol–water partition coefficient (Wildman–Crippen LogP) is -8.99. The van der Waals surface area contributed by atoms with Gasteiger partial charge in [-0.25, -0.2) is 0 Å². The predicted molar refractivity (Wildman–Crippen MR) is 17.2 cm³/mol. The van der Waals surface area contributed by atoms with Crippen molar-refractivity contribution in [2.75, 3.05) is 0 Å². The third-order valence-electron chi connectivity index (χ3n) is 0. The van der Waals surface area contributed by atoms with E-state index < -0.39 is 0 Å². The molecule has 0 aliphatic rings. The van der Waals surface area contributed by atoms with Gasteiger partial charge in [0.05, 0.1) is 0 Å². The van der Waals surface area contributed by atoms with Gasteiger partial charge in [-0.3, -0.25) is 0 Å². The maximum Gasteiger partial charge on any atom is 4.00 e. The van der Waals surface area contributed by atoms with Crippen molar-refractivity contribution in [3.63, 3.8) is 0 Å². The molecule has 0 fully saturated rings. The van der Waals surface area contributed by atoms with Crippen LogP contribution < -0.4 is 103 Å². The van der Waals surface area contributed by atoms with E-state index in [4.69, 9.17) is 0 Å². The van der Waals surface area contributed by atoms with Crippen molar-refractivity contribution in [2.24, 2.45) is 0 Å². The topological polar surface area (TPSA) is 712 Å². The smallest absolute Gasteiger partial charge is 2.00 e. The van der Waals surface area contributed by atoms with Crippen molar-refractivity contribution < 1.29 is 500 Å². The van der Waals surface area contributed by atoms with Gasteiger partial charge >= 0.3 is 363 Å². The molecule has 0 aliphatic heterocycles. The second-order valence-electron chi connectivity index (χ2n) is 0. The number of rotatable bonds is 0. The summed E-state index contributed by atoms with van der Waals surface area (Å²) in [6.45, 7) is 0. The zero-order chi connectivity index (χ0) is 0. The van der Waals surface area contributed by atoms with Gasteiger partial charge in [-0.1, -0.05) is 0 Å². The fourth-order valence-electron chi connectivity index (χ4n) is 0. The Bertz CT molecular complexity index is 45.0. The van der Waals surface area contributed by atoms with Gasteiger partial charge in [-0.2, -0.15) is 0 Å². The third kappa shape index (κ3) is 911. The van der Waals surface area contributed by atoms with Crippen molar-refractivity contribution in [1.29, 1.82) is 0 Å². The maximum atomic E-state index is 0. The molecule has 0 bridgehead atoms. The molecule has 0 saturated heterocycles. The Labute approximate surface area is 488 Å². The third-order valence-corrected chi connectivity index (χ3v) is 0. The molecule has 25 nitrogen and oxygen atoms in total. The van der Waals surface area contributed by atoms with Crippen molar-refractivity contribution in [3.8, 4) is 0 Å². The average molecular weight is 1050 g/mol. The second kappa shape index (κ2) is 951. The van der Waals surface area contributed by atoms with Gasteiger partial charge in [0.25, 0.3) is 0 Å². The minimum Gasteiger partial charge on any atom is -2.00 e. The molecule has 200 valence electrons. The minimum atomic E-state index is 0.